The Hall–Kier alpha value is -0.810. The number of hydrogen-bond acceptors (Lipinski definition) is 4. The van der Waals surface area contributed by atoms with Crippen molar-refractivity contribution in [2.75, 3.05) is 0 Å². The van der Waals surface area contributed by atoms with Crippen LogP contribution in [0.15, 0.2) is 0 Å². The maximum atomic E-state index is 11.5. The van der Waals surface area contributed by atoms with Gasteiger partial charge >= 0.3 is 6.09 Å². The van der Waals surface area contributed by atoms with Crippen molar-refractivity contribution in [3.63, 3.8) is 0 Å². The smallest absolute Gasteiger partial charge is 0.407 e. The molecule has 0 aromatic heterocycles. The van der Waals surface area contributed by atoms with Crippen molar-refractivity contribution in [2.24, 2.45) is 0 Å². The van der Waals surface area contributed by atoms with E-state index in [9.17, 15) is 9.90 Å². The van der Waals surface area contributed by atoms with E-state index in [4.69, 9.17) is 9.47 Å². The number of epoxide rings is 1. The standard InChI is InChI=1S/C11H19NO4/c1-11(2,3)16-10(14)12-6-4-5-7(13)9-8(6)15-9/h6-9,13H,4-5H2,1-3H3,(H,12,14)/t6-,7-,8+,9+/m1/s1. The lowest BCUT2D eigenvalue weighted by Gasteiger charge is -2.25. The molecule has 0 bridgehead atoms. The highest BCUT2D eigenvalue weighted by Crippen LogP contribution is 2.36. The van der Waals surface area contributed by atoms with Gasteiger partial charge in [0.15, 0.2) is 0 Å². The lowest BCUT2D eigenvalue weighted by atomic mass is 9.93. The highest BCUT2D eigenvalue weighted by Gasteiger charge is 2.53. The van der Waals surface area contributed by atoms with Gasteiger partial charge in [-0.3, -0.25) is 0 Å². The molecule has 16 heavy (non-hydrogen) atoms. The zero-order valence-corrected chi connectivity index (χ0v) is 9.90. The van der Waals surface area contributed by atoms with E-state index in [-0.39, 0.29) is 24.4 Å². The van der Waals surface area contributed by atoms with Gasteiger partial charge in [0.25, 0.3) is 0 Å². The van der Waals surface area contributed by atoms with Crippen molar-refractivity contribution in [1.29, 1.82) is 0 Å². The summed E-state index contributed by atoms with van der Waals surface area (Å²) in [6, 6.07) is -0.0248. The Morgan fingerprint density at radius 3 is 2.69 bits per heavy atom. The van der Waals surface area contributed by atoms with Crippen LogP contribution in [0.1, 0.15) is 33.6 Å². The van der Waals surface area contributed by atoms with Gasteiger partial charge in [-0.25, -0.2) is 4.79 Å². The summed E-state index contributed by atoms with van der Waals surface area (Å²) < 4.78 is 10.5. The van der Waals surface area contributed by atoms with E-state index in [1.807, 2.05) is 20.8 Å². The minimum Gasteiger partial charge on any atom is -0.444 e. The number of amides is 1. The molecule has 1 aliphatic carbocycles. The Labute approximate surface area is 95.1 Å². The number of rotatable bonds is 1. The Morgan fingerprint density at radius 2 is 2.06 bits per heavy atom. The monoisotopic (exact) mass is 229 g/mol. The number of carbonyl (C=O) groups is 1. The molecule has 92 valence electrons. The predicted octanol–water partition coefficient (Wildman–Crippen LogP) is 0.802. The van der Waals surface area contributed by atoms with Crippen LogP contribution in [0.3, 0.4) is 0 Å². The van der Waals surface area contributed by atoms with Crippen molar-refractivity contribution in [1.82, 2.24) is 5.32 Å². The first-order valence-corrected chi connectivity index (χ1v) is 5.70. The first kappa shape index (κ1) is 11.7. The van der Waals surface area contributed by atoms with Crippen LogP contribution in [0.2, 0.25) is 0 Å². The third kappa shape index (κ3) is 2.65. The Kier molecular flexibility index (Phi) is 2.84. The Morgan fingerprint density at radius 1 is 1.38 bits per heavy atom. The van der Waals surface area contributed by atoms with Crippen LogP contribution in [0.4, 0.5) is 4.79 Å². The van der Waals surface area contributed by atoms with E-state index >= 15 is 0 Å². The third-order valence-corrected chi connectivity index (χ3v) is 2.81. The van der Waals surface area contributed by atoms with Crippen molar-refractivity contribution < 1.29 is 19.4 Å². The minimum absolute atomic E-state index is 0.0248. The molecule has 2 fully saturated rings. The van der Waals surface area contributed by atoms with Gasteiger partial charge in [0.2, 0.25) is 0 Å². The third-order valence-electron chi connectivity index (χ3n) is 2.81. The summed E-state index contributed by atoms with van der Waals surface area (Å²) in [5.74, 6) is 0. The number of nitrogens with one attached hydrogen (secondary N) is 1. The van der Waals surface area contributed by atoms with E-state index in [1.54, 1.807) is 0 Å². The van der Waals surface area contributed by atoms with Gasteiger partial charge in [0, 0.05) is 0 Å². The second-order valence-corrected chi connectivity index (χ2v) is 5.46. The molecule has 1 saturated heterocycles. The molecule has 2 aliphatic rings. The van der Waals surface area contributed by atoms with Crippen molar-refractivity contribution in [3.05, 3.63) is 0 Å². The van der Waals surface area contributed by atoms with Gasteiger partial charge < -0.3 is 19.9 Å². The average molecular weight is 229 g/mol. The number of hydrogen-bond donors (Lipinski definition) is 2. The van der Waals surface area contributed by atoms with E-state index < -0.39 is 11.7 Å². The van der Waals surface area contributed by atoms with Crippen LogP contribution in [0.25, 0.3) is 0 Å². The lowest BCUT2D eigenvalue weighted by molar-refractivity contribution is 0.0479. The summed E-state index contributed by atoms with van der Waals surface area (Å²) in [7, 11) is 0. The van der Waals surface area contributed by atoms with Crippen LogP contribution in [-0.2, 0) is 9.47 Å². The fourth-order valence-corrected chi connectivity index (χ4v) is 2.06. The van der Waals surface area contributed by atoms with E-state index in [0.29, 0.717) is 6.42 Å². The largest absolute Gasteiger partial charge is 0.444 e. The van der Waals surface area contributed by atoms with Crippen LogP contribution in [-0.4, -0.2) is 41.2 Å². The molecule has 1 heterocycles. The molecule has 0 unspecified atom stereocenters. The lowest BCUT2D eigenvalue weighted by Crippen LogP contribution is -2.45. The number of carbonyl (C=O) groups excluding carboxylic acids is 1. The van der Waals surface area contributed by atoms with Crippen LogP contribution in [0, 0.1) is 0 Å². The molecule has 5 heteroatoms. The molecule has 1 amide bonds. The summed E-state index contributed by atoms with van der Waals surface area (Å²) in [6.07, 6.45) is 0.498. The van der Waals surface area contributed by atoms with Crippen LogP contribution < -0.4 is 5.32 Å². The van der Waals surface area contributed by atoms with Crippen molar-refractivity contribution in [2.45, 2.75) is 63.6 Å². The number of aliphatic hydroxyl groups excluding tert-OH is 1. The second-order valence-electron chi connectivity index (χ2n) is 5.46. The highest BCUT2D eigenvalue weighted by molar-refractivity contribution is 5.68. The molecule has 1 saturated carbocycles. The topological polar surface area (TPSA) is 71.1 Å². The van der Waals surface area contributed by atoms with Gasteiger partial charge in [0.1, 0.15) is 17.8 Å². The number of alkyl carbamates (subject to hydrolysis) is 1. The van der Waals surface area contributed by atoms with Gasteiger partial charge in [-0.05, 0) is 33.6 Å². The highest BCUT2D eigenvalue weighted by atomic mass is 16.6. The molecule has 4 atom stereocenters. The fraction of sp³-hybridized carbons (Fsp3) is 0.909. The zero-order chi connectivity index (χ0) is 11.9. The number of fused-ring (bicyclic) bond motifs is 1. The van der Waals surface area contributed by atoms with Gasteiger partial charge in [-0.1, -0.05) is 0 Å². The average Bonchev–Trinajstić information content (AvgIpc) is 2.86. The quantitative estimate of drug-likeness (QED) is 0.652. The minimum atomic E-state index is -0.484. The van der Waals surface area contributed by atoms with Crippen molar-refractivity contribution in [3.8, 4) is 0 Å². The molecule has 2 N–H and O–H groups in total. The second kappa shape index (κ2) is 3.89. The van der Waals surface area contributed by atoms with Gasteiger partial charge in [-0.15, -0.1) is 0 Å². The normalized spacial score (nSPS) is 37.5. The molecule has 0 aromatic rings. The molecule has 2 rings (SSSR count). The maximum absolute atomic E-state index is 11.5. The summed E-state index contributed by atoms with van der Waals surface area (Å²) >= 11 is 0. The van der Waals surface area contributed by atoms with Crippen LogP contribution >= 0.6 is 0 Å². The molecular formula is C11H19NO4. The first-order chi connectivity index (χ1) is 7.37. The van der Waals surface area contributed by atoms with E-state index in [1.165, 1.54) is 0 Å². The van der Waals surface area contributed by atoms with Crippen LogP contribution in [0.5, 0.6) is 0 Å². The molecular weight excluding hydrogens is 210 g/mol. The number of aliphatic hydroxyl groups is 1. The predicted molar refractivity (Wildman–Crippen MR) is 57.1 cm³/mol. The molecule has 0 radical (unpaired) electrons. The van der Waals surface area contributed by atoms with E-state index in [0.717, 1.165) is 6.42 Å². The van der Waals surface area contributed by atoms with Crippen molar-refractivity contribution >= 4 is 6.09 Å². The summed E-state index contributed by atoms with van der Waals surface area (Å²) in [4.78, 5) is 11.5. The summed E-state index contributed by atoms with van der Waals surface area (Å²) in [5.41, 5.74) is -0.484. The maximum Gasteiger partial charge on any atom is 0.407 e. The first-order valence-electron chi connectivity index (χ1n) is 5.70. The van der Waals surface area contributed by atoms with Gasteiger partial charge in [0.05, 0.1) is 12.1 Å². The van der Waals surface area contributed by atoms with Gasteiger partial charge in [-0.2, -0.15) is 0 Å². The SMILES string of the molecule is CC(C)(C)OC(=O)N[C@@H]1CC[C@@H](O)[C@@H]2O[C@H]21. The zero-order valence-electron chi connectivity index (χ0n) is 9.90. The van der Waals surface area contributed by atoms with E-state index in [2.05, 4.69) is 5.32 Å². The summed E-state index contributed by atoms with van der Waals surface area (Å²) in [6.45, 7) is 5.48. The summed E-state index contributed by atoms with van der Waals surface area (Å²) in [5, 5.41) is 12.3. The molecule has 1 aliphatic heterocycles. The number of ether oxygens (including phenoxy) is 2. The molecule has 0 spiro atoms. The Bertz CT molecular complexity index is 286. The fourth-order valence-electron chi connectivity index (χ4n) is 2.06. The molecule has 0 aromatic carbocycles. The Balaban J connectivity index is 1.80. The molecule has 5 nitrogen and oxygen atoms in total.